The first-order valence-electron chi connectivity index (χ1n) is 9.16. The van der Waals surface area contributed by atoms with Crippen molar-refractivity contribution in [2.45, 2.75) is 56.1 Å². The third-order valence-corrected chi connectivity index (χ3v) is 5.61. The zero-order valence-electron chi connectivity index (χ0n) is 15.4. The molecular weight excluding hydrogens is 364 g/mol. The number of fused-ring (bicyclic) bond motifs is 1. The summed E-state index contributed by atoms with van der Waals surface area (Å²) < 4.78 is 9.41. The van der Waals surface area contributed by atoms with E-state index in [1.54, 1.807) is 4.68 Å². The SMILES string of the molecule is Cc1nc2ccccc2n1CCCOC(=O)C(C)Sc1nnnn1C1CC1. The number of thioether (sulfide) groups is 1. The van der Waals surface area contributed by atoms with Crippen LogP contribution in [0, 0.1) is 6.92 Å². The number of carbonyl (C=O) groups excluding carboxylic acids is 1. The highest BCUT2D eigenvalue weighted by Crippen LogP contribution is 2.37. The molecular formula is C18H22N6O2S. The molecule has 4 rings (SSSR count). The summed E-state index contributed by atoms with van der Waals surface area (Å²) in [5.41, 5.74) is 2.10. The molecule has 8 nitrogen and oxygen atoms in total. The monoisotopic (exact) mass is 386 g/mol. The molecule has 1 fully saturated rings. The Morgan fingerprint density at radius 2 is 2.19 bits per heavy atom. The Bertz CT molecular complexity index is 948. The molecule has 1 atom stereocenters. The van der Waals surface area contributed by atoms with E-state index in [9.17, 15) is 4.79 Å². The smallest absolute Gasteiger partial charge is 0.319 e. The zero-order chi connectivity index (χ0) is 18.8. The van der Waals surface area contributed by atoms with Gasteiger partial charge < -0.3 is 9.30 Å². The van der Waals surface area contributed by atoms with Gasteiger partial charge in [-0.2, -0.15) is 0 Å². The fraction of sp³-hybridized carbons (Fsp3) is 0.500. The number of aryl methyl sites for hydroxylation is 2. The summed E-state index contributed by atoms with van der Waals surface area (Å²) >= 11 is 1.35. The molecule has 0 saturated heterocycles. The Morgan fingerprint density at radius 3 is 3.00 bits per heavy atom. The van der Waals surface area contributed by atoms with Crippen LogP contribution in [0.15, 0.2) is 29.4 Å². The number of hydrogen-bond acceptors (Lipinski definition) is 7. The number of benzene rings is 1. The van der Waals surface area contributed by atoms with Crippen molar-refractivity contribution in [3.8, 4) is 0 Å². The molecule has 0 N–H and O–H groups in total. The predicted molar refractivity (Wildman–Crippen MR) is 101 cm³/mol. The molecule has 27 heavy (non-hydrogen) atoms. The van der Waals surface area contributed by atoms with Crippen LogP contribution in [-0.4, -0.2) is 47.6 Å². The van der Waals surface area contributed by atoms with Gasteiger partial charge in [0.25, 0.3) is 0 Å². The lowest BCUT2D eigenvalue weighted by molar-refractivity contribution is -0.142. The van der Waals surface area contributed by atoms with Crippen LogP contribution in [0.2, 0.25) is 0 Å². The first-order valence-corrected chi connectivity index (χ1v) is 10.0. The fourth-order valence-electron chi connectivity index (χ4n) is 3.01. The number of carbonyl (C=O) groups is 1. The van der Waals surface area contributed by atoms with Crippen LogP contribution < -0.4 is 0 Å². The van der Waals surface area contributed by atoms with E-state index in [4.69, 9.17) is 4.74 Å². The molecule has 1 saturated carbocycles. The van der Waals surface area contributed by atoms with Gasteiger partial charge in [-0.15, -0.1) is 5.10 Å². The largest absolute Gasteiger partial charge is 0.465 e. The second kappa shape index (κ2) is 7.67. The van der Waals surface area contributed by atoms with Crippen molar-refractivity contribution >= 4 is 28.8 Å². The number of ether oxygens (including phenoxy) is 1. The average Bonchev–Trinajstić information content (AvgIpc) is 3.32. The molecule has 1 aliphatic rings. The molecule has 3 aromatic rings. The fourth-order valence-corrected chi connectivity index (χ4v) is 3.87. The Hall–Kier alpha value is -2.42. The van der Waals surface area contributed by atoms with Gasteiger partial charge in [0, 0.05) is 6.54 Å². The summed E-state index contributed by atoms with van der Waals surface area (Å²) in [6.45, 7) is 4.96. The van der Waals surface area contributed by atoms with Crippen LogP contribution in [0.4, 0.5) is 0 Å². The molecule has 0 bridgehead atoms. The number of rotatable bonds is 8. The first-order chi connectivity index (χ1) is 13.1. The van der Waals surface area contributed by atoms with Crippen LogP contribution in [0.25, 0.3) is 11.0 Å². The second-order valence-corrected chi connectivity index (χ2v) is 8.03. The van der Waals surface area contributed by atoms with E-state index in [2.05, 4.69) is 31.1 Å². The highest BCUT2D eigenvalue weighted by atomic mass is 32.2. The van der Waals surface area contributed by atoms with Gasteiger partial charge in [-0.3, -0.25) is 4.79 Å². The third kappa shape index (κ3) is 3.97. The zero-order valence-corrected chi connectivity index (χ0v) is 16.2. The van der Waals surface area contributed by atoms with Crippen molar-refractivity contribution in [2.75, 3.05) is 6.61 Å². The van der Waals surface area contributed by atoms with Crippen molar-refractivity contribution in [2.24, 2.45) is 0 Å². The van der Waals surface area contributed by atoms with E-state index in [0.29, 0.717) is 17.8 Å². The molecule has 0 aliphatic heterocycles. The summed E-state index contributed by atoms with van der Waals surface area (Å²) in [4.78, 5) is 16.8. The van der Waals surface area contributed by atoms with E-state index < -0.39 is 0 Å². The molecule has 2 aromatic heterocycles. The van der Waals surface area contributed by atoms with Crippen LogP contribution in [-0.2, 0) is 16.1 Å². The molecule has 1 aromatic carbocycles. The van der Waals surface area contributed by atoms with E-state index in [1.807, 2.05) is 32.0 Å². The minimum atomic E-state index is -0.343. The lowest BCUT2D eigenvalue weighted by Crippen LogP contribution is -2.19. The van der Waals surface area contributed by atoms with Gasteiger partial charge in [-0.05, 0) is 55.7 Å². The lowest BCUT2D eigenvalue weighted by Gasteiger charge is -2.11. The van der Waals surface area contributed by atoms with Crippen molar-refractivity contribution < 1.29 is 9.53 Å². The number of hydrogen-bond donors (Lipinski definition) is 0. The van der Waals surface area contributed by atoms with Crippen molar-refractivity contribution in [1.29, 1.82) is 0 Å². The number of esters is 1. The minimum absolute atomic E-state index is 0.238. The quantitative estimate of drug-likeness (QED) is 0.334. The molecule has 1 aliphatic carbocycles. The van der Waals surface area contributed by atoms with Gasteiger partial charge in [0.1, 0.15) is 11.1 Å². The van der Waals surface area contributed by atoms with Crippen LogP contribution in [0.3, 0.4) is 0 Å². The molecule has 1 unspecified atom stereocenters. The van der Waals surface area contributed by atoms with Crippen LogP contribution in [0.1, 0.15) is 38.1 Å². The maximum atomic E-state index is 12.3. The summed E-state index contributed by atoms with van der Waals surface area (Å²) in [5, 5.41) is 12.1. The van der Waals surface area contributed by atoms with Gasteiger partial charge in [0.05, 0.1) is 23.7 Å². The Kier molecular flexibility index (Phi) is 5.11. The van der Waals surface area contributed by atoms with Gasteiger partial charge in [-0.1, -0.05) is 23.9 Å². The average molecular weight is 386 g/mol. The Balaban J connectivity index is 1.26. The summed E-state index contributed by atoms with van der Waals surface area (Å²) in [6.07, 6.45) is 2.93. The highest BCUT2D eigenvalue weighted by molar-refractivity contribution is 8.00. The summed E-state index contributed by atoms with van der Waals surface area (Å²) in [6, 6.07) is 8.45. The van der Waals surface area contributed by atoms with Gasteiger partial charge in [0.15, 0.2) is 0 Å². The van der Waals surface area contributed by atoms with Crippen molar-refractivity contribution in [3.63, 3.8) is 0 Å². The minimum Gasteiger partial charge on any atom is -0.465 e. The maximum absolute atomic E-state index is 12.3. The third-order valence-electron chi connectivity index (χ3n) is 4.59. The highest BCUT2D eigenvalue weighted by Gasteiger charge is 2.29. The van der Waals surface area contributed by atoms with E-state index in [1.165, 1.54) is 11.8 Å². The molecule has 0 radical (unpaired) electrons. The number of tetrazole rings is 1. The van der Waals surface area contributed by atoms with E-state index in [0.717, 1.165) is 42.7 Å². The maximum Gasteiger partial charge on any atom is 0.319 e. The standard InChI is InChI=1S/C18H22N6O2S/c1-12(27-18-20-21-22-24(18)14-8-9-14)17(25)26-11-5-10-23-13(2)19-15-6-3-4-7-16(15)23/h3-4,6-7,12,14H,5,8-11H2,1-2H3. The van der Waals surface area contributed by atoms with E-state index in [-0.39, 0.29) is 11.2 Å². The molecule has 0 spiro atoms. The molecule has 142 valence electrons. The first kappa shape index (κ1) is 18.0. The number of nitrogens with zero attached hydrogens (tertiary/aromatic N) is 6. The number of para-hydroxylation sites is 2. The van der Waals surface area contributed by atoms with Crippen LogP contribution >= 0.6 is 11.8 Å². The van der Waals surface area contributed by atoms with Gasteiger partial charge in [-0.25, -0.2) is 9.67 Å². The van der Waals surface area contributed by atoms with Gasteiger partial charge in [0.2, 0.25) is 5.16 Å². The number of aromatic nitrogens is 6. The molecule has 0 amide bonds. The number of imidazole rings is 1. The Morgan fingerprint density at radius 1 is 1.37 bits per heavy atom. The van der Waals surface area contributed by atoms with Gasteiger partial charge >= 0.3 is 5.97 Å². The summed E-state index contributed by atoms with van der Waals surface area (Å²) in [5.74, 6) is 0.732. The van der Waals surface area contributed by atoms with Crippen molar-refractivity contribution in [3.05, 3.63) is 30.1 Å². The Labute approximate surface area is 161 Å². The second-order valence-electron chi connectivity index (χ2n) is 6.72. The lowest BCUT2D eigenvalue weighted by atomic mass is 10.3. The van der Waals surface area contributed by atoms with E-state index >= 15 is 0 Å². The van der Waals surface area contributed by atoms with Crippen LogP contribution in [0.5, 0.6) is 0 Å². The molecule has 2 heterocycles. The summed E-state index contributed by atoms with van der Waals surface area (Å²) in [7, 11) is 0. The predicted octanol–water partition coefficient (Wildman–Crippen LogP) is 2.78. The molecule has 9 heteroatoms. The topological polar surface area (TPSA) is 87.7 Å². The van der Waals surface area contributed by atoms with Crippen molar-refractivity contribution in [1.82, 2.24) is 29.8 Å². The normalized spacial score (nSPS) is 15.2.